The molecule has 20 heavy (non-hydrogen) atoms. The maximum absolute atomic E-state index is 5.17. The monoisotopic (exact) mass is 277 g/mol. The zero-order valence-electron chi connectivity index (χ0n) is 14.8. The Morgan fingerprint density at radius 3 is 1.20 bits per heavy atom. The zero-order chi connectivity index (χ0) is 16.6. The van der Waals surface area contributed by atoms with E-state index in [1.807, 2.05) is 46.8 Å². The van der Waals surface area contributed by atoms with Crippen molar-refractivity contribution in [3.63, 3.8) is 0 Å². The van der Waals surface area contributed by atoms with Gasteiger partial charge in [0.25, 0.3) is 0 Å². The highest BCUT2D eigenvalue weighted by Crippen LogP contribution is 2.06. The van der Waals surface area contributed by atoms with E-state index in [9.17, 15) is 0 Å². The van der Waals surface area contributed by atoms with Gasteiger partial charge in [0.15, 0.2) is 0 Å². The van der Waals surface area contributed by atoms with Crippen LogP contribution in [0.1, 0.15) is 51.3 Å². The van der Waals surface area contributed by atoms with E-state index in [1.165, 1.54) is 16.7 Å². The molecule has 1 aromatic rings. The molecule has 1 atom stereocenters. The lowest BCUT2D eigenvalue weighted by atomic mass is 10.1. The molecule has 1 rings (SSSR count). The fraction of sp³-hybridized carbons (Fsp3) is 0.474. The Morgan fingerprint density at radius 2 is 1.10 bits per heavy atom. The first-order valence-corrected chi connectivity index (χ1v) is 7.37. The van der Waals surface area contributed by atoms with Gasteiger partial charge in [-0.15, -0.1) is 6.58 Å². The quantitative estimate of drug-likeness (QED) is 0.651. The predicted molar refractivity (Wildman–Crippen MR) is 96.3 cm³/mol. The van der Waals surface area contributed by atoms with E-state index >= 15 is 0 Å². The van der Waals surface area contributed by atoms with Crippen LogP contribution in [0.2, 0.25) is 0 Å². The summed E-state index contributed by atoms with van der Waals surface area (Å²) in [6.07, 6.45) is 5.69. The van der Waals surface area contributed by atoms with Crippen LogP contribution in [0.15, 0.2) is 43.0 Å². The normalized spacial score (nSPS) is 10.1. The first-order chi connectivity index (χ1) is 9.37. The Labute approximate surface area is 127 Å². The highest BCUT2D eigenvalue weighted by atomic mass is 14.6. The molecular weight excluding hydrogens is 242 g/mol. The average molecular weight is 277 g/mol. The maximum atomic E-state index is 5.17. The third-order valence-corrected chi connectivity index (χ3v) is 2.07. The fourth-order valence-electron chi connectivity index (χ4n) is 1.20. The van der Waals surface area contributed by atoms with Crippen LogP contribution in [0.25, 0.3) is 0 Å². The van der Waals surface area contributed by atoms with Crippen LogP contribution in [-0.2, 0) is 0 Å². The van der Waals surface area contributed by atoms with Crippen molar-refractivity contribution in [1.29, 1.82) is 0 Å². The van der Waals surface area contributed by atoms with Gasteiger partial charge in [0.05, 0.1) is 0 Å². The van der Waals surface area contributed by atoms with Gasteiger partial charge in [-0.05, 0) is 41.5 Å². The maximum Gasteiger partial charge on any atom is 0.0192 e. The van der Waals surface area contributed by atoms with Crippen LogP contribution in [0, 0.1) is 20.8 Å². The van der Waals surface area contributed by atoms with Crippen molar-refractivity contribution in [3.8, 4) is 0 Å². The van der Waals surface area contributed by atoms with E-state index in [-0.39, 0.29) is 6.04 Å². The van der Waals surface area contributed by atoms with Crippen molar-refractivity contribution in [1.82, 2.24) is 0 Å². The van der Waals surface area contributed by atoms with Crippen molar-refractivity contribution in [2.75, 3.05) is 0 Å². The largest absolute Gasteiger partial charge is 0.325 e. The number of benzene rings is 1. The van der Waals surface area contributed by atoms with Crippen LogP contribution < -0.4 is 5.73 Å². The lowest BCUT2D eigenvalue weighted by molar-refractivity contribution is 0.929. The summed E-state index contributed by atoms with van der Waals surface area (Å²) >= 11 is 0. The lowest BCUT2D eigenvalue weighted by Crippen LogP contribution is -2.09. The first-order valence-electron chi connectivity index (χ1n) is 7.37. The van der Waals surface area contributed by atoms with Gasteiger partial charge in [-0.2, -0.15) is 0 Å². The third-order valence-electron chi connectivity index (χ3n) is 2.07. The smallest absolute Gasteiger partial charge is 0.0192 e. The van der Waals surface area contributed by atoms with Crippen molar-refractivity contribution in [2.24, 2.45) is 5.73 Å². The van der Waals surface area contributed by atoms with E-state index in [4.69, 9.17) is 5.73 Å². The Kier molecular flexibility index (Phi) is 21.0. The highest BCUT2D eigenvalue weighted by molar-refractivity contribution is 5.27. The zero-order valence-corrected chi connectivity index (χ0v) is 14.8. The summed E-state index contributed by atoms with van der Waals surface area (Å²) in [5.41, 5.74) is 9.24. The second-order valence-electron chi connectivity index (χ2n) is 4.43. The number of allylic oxidation sites excluding steroid dienone is 2. The van der Waals surface area contributed by atoms with E-state index in [2.05, 4.69) is 45.5 Å². The summed E-state index contributed by atoms with van der Waals surface area (Å²) in [6.45, 7) is 19.7. The minimum Gasteiger partial charge on any atom is -0.325 e. The molecule has 0 aliphatic heterocycles. The molecule has 0 saturated carbocycles. The molecule has 0 radical (unpaired) electrons. The van der Waals surface area contributed by atoms with Gasteiger partial charge in [-0.3, -0.25) is 0 Å². The number of rotatable bonds is 1. The van der Waals surface area contributed by atoms with Gasteiger partial charge in [-0.25, -0.2) is 0 Å². The Bertz CT molecular complexity index is 294. The molecule has 2 N–H and O–H groups in total. The summed E-state index contributed by atoms with van der Waals surface area (Å²) in [5, 5.41) is 0. The molecule has 1 unspecified atom stereocenters. The van der Waals surface area contributed by atoms with Gasteiger partial charge in [-0.1, -0.05) is 67.0 Å². The molecular formula is C19H35N. The van der Waals surface area contributed by atoms with Crippen molar-refractivity contribution < 1.29 is 0 Å². The molecule has 0 spiro atoms. The lowest BCUT2D eigenvalue weighted by Gasteiger charge is -1.96. The van der Waals surface area contributed by atoms with Gasteiger partial charge >= 0.3 is 0 Å². The predicted octanol–water partition coefficient (Wildman–Crippen LogP) is 5.74. The van der Waals surface area contributed by atoms with Crippen LogP contribution >= 0.6 is 0 Å². The molecule has 0 saturated heterocycles. The van der Waals surface area contributed by atoms with E-state index < -0.39 is 0 Å². The molecule has 1 nitrogen and oxygen atoms in total. The van der Waals surface area contributed by atoms with Crippen molar-refractivity contribution in [2.45, 2.75) is 61.4 Å². The average Bonchev–Trinajstić information content (AvgIpc) is 2.40. The number of hydrogen-bond acceptors (Lipinski definition) is 1. The van der Waals surface area contributed by atoms with E-state index in [1.54, 1.807) is 6.08 Å². The highest BCUT2D eigenvalue weighted by Gasteiger charge is 1.87. The summed E-state index contributed by atoms with van der Waals surface area (Å²) in [6, 6.07) is 6.71. The molecule has 0 aliphatic rings. The third kappa shape index (κ3) is 21.9. The van der Waals surface area contributed by atoms with Gasteiger partial charge < -0.3 is 5.73 Å². The second kappa shape index (κ2) is 17.7. The van der Waals surface area contributed by atoms with Crippen LogP contribution in [0.5, 0.6) is 0 Å². The standard InChI is InChI=1S/C9H12.C4H9N.C4H8.C2H6/c1-7-4-8(2)6-9(3)5-7;1-3-4(2)5;1-3-4-2;1-2/h4-6H,1-3H3;3-4H,1,5H2,2H3;3-4H,1-2H3;1-2H3/b;;4-3-;. The number of nitrogens with two attached hydrogens (primary N) is 1. The molecule has 0 fully saturated rings. The van der Waals surface area contributed by atoms with E-state index in [0.29, 0.717) is 0 Å². The first kappa shape index (κ1) is 23.7. The van der Waals surface area contributed by atoms with Crippen LogP contribution in [0.4, 0.5) is 0 Å². The van der Waals surface area contributed by atoms with Crippen LogP contribution in [-0.4, -0.2) is 6.04 Å². The summed E-state index contributed by atoms with van der Waals surface area (Å²) < 4.78 is 0. The molecule has 116 valence electrons. The molecule has 0 bridgehead atoms. The molecule has 0 heterocycles. The Morgan fingerprint density at radius 1 is 0.900 bits per heavy atom. The van der Waals surface area contributed by atoms with Crippen LogP contribution in [0.3, 0.4) is 0 Å². The topological polar surface area (TPSA) is 26.0 Å². The molecule has 0 aliphatic carbocycles. The second-order valence-corrected chi connectivity index (χ2v) is 4.43. The Hall–Kier alpha value is -1.34. The van der Waals surface area contributed by atoms with Gasteiger partial charge in [0.2, 0.25) is 0 Å². The Balaban J connectivity index is -0.000000226. The molecule has 0 amide bonds. The summed E-state index contributed by atoms with van der Waals surface area (Å²) in [5.74, 6) is 0. The molecule has 1 heteroatoms. The van der Waals surface area contributed by atoms with E-state index in [0.717, 1.165) is 0 Å². The number of aryl methyl sites for hydroxylation is 3. The minimum absolute atomic E-state index is 0.148. The SMILES string of the molecule is C/C=C\C.C=CC(C)N.CC.Cc1cc(C)cc(C)c1. The number of hydrogen-bond donors (Lipinski definition) is 1. The minimum atomic E-state index is 0.148. The summed E-state index contributed by atoms with van der Waals surface area (Å²) in [7, 11) is 0. The summed E-state index contributed by atoms with van der Waals surface area (Å²) in [4.78, 5) is 0. The molecule has 0 aromatic heterocycles. The van der Waals surface area contributed by atoms with Crippen molar-refractivity contribution in [3.05, 3.63) is 59.7 Å². The van der Waals surface area contributed by atoms with Crippen molar-refractivity contribution >= 4 is 0 Å². The fourth-order valence-corrected chi connectivity index (χ4v) is 1.20. The molecule has 1 aromatic carbocycles. The van der Waals surface area contributed by atoms with Gasteiger partial charge in [0, 0.05) is 6.04 Å². The van der Waals surface area contributed by atoms with Gasteiger partial charge in [0.1, 0.15) is 0 Å².